The number of aryl methyl sites for hydroxylation is 2. The third-order valence-corrected chi connectivity index (χ3v) is 5.72. The highest BCUT2D eigenvalue weighted by atomic mass is 16.5. The lowest BCUT2D eigenvalue weighted by molar-refractivity contribution is -0.142. The van der Waals surface area contributed by atoms with Crippen LogP contribution in [0, 0.1) is 13.8 Å². The molecule has 4 aromatic rings. The number of benzene rings is 3. The summed E-state index contributed by atoms with van der Waals surface area (Å²) in [5.41, 5.74) is 12.8. The number of fused-ring (bicyclic) bond motifs is 1. The Balaban J connectivity index is 1.64. The fourth-order valence-corrected chi connectivity index (χ4v) is 3.97. The Kier molecular flexibility index (Phi) is 6.80. The van der Waals surface area contributed by atoms with E-state index in [0.29, 0.717) is 25.5 Å². The molecule has 0 radical (unpaired) electrons. The maximum absolute atomic E-state index is 12.0. The zero-order chi connectivity index (χ0) is 23.4. The van der Waals surface area contributed by atoms with Gasteiger partial charge in [-0.1, -0.05) is 36.4 Å². The van der Waals surface area contributed by atoms with Crippen LogP contribution < -0.4 is 10.5 Å². The molecule has 4 rings (SSSR count). The van der Waals surface area contributed by atoms with Gasteiger partial charge in [-0.05, 0) is 67.3 Å². The van der Waals surface area contributed by atoms with Gasteiger partial charge in [-0.15, -0.1) is 0 Å². The lowest BCUT2D eigenvalue weighted by Crippen LogP contribution is -2.09. The Morgan fingerprint density at radius 2 is 1.82 bits per heavy atom. The minimum absolute atomic E-state index is 0.177. The summed E-state index contributed by atoms with van der Waals surface area (Å²) in [6.07, 6.45) is 0.177. The highest BCUT2D eigenvalue weighted by Crippen LogP contribution is 2.32. The molecule has 0 amide bonds. The van der Waals surface area contributed by atoms with E-state index < -0.39 is 0 Å². The first-order valence-electron chi connectivity index (χ1n) is 11.2. The lowest BCUT2D eigenvalue weighted by atomic mass is 10.0. The molecular weight excluding hydrogens is 414 g/mol. The third-order valence-electron chi connectivity index (χ3n) is 5.72. The first-order chi connectivity index (χ1) is 16.0. The Hall–Kier alpha value is -3.57. The molecule has 33 heavy (non-hydrogen) atoms. The maximum atomic E-state index is 12.0. The summed E-state index contributed by atoms with van der Waals surface area (Å²) < 4.78 is 17.3. The summed E-state index contributed by atoms with van der Waals surface area (Å²) in [6.45, 7) is 6.95. The molecule has 1 aromatic heterocycles. The third kappa shape index (κ3) is 5.10. The van der Waals surface area contributed by atoms with Crippen molar-refractivity contribution < 1.29 is 18.7 Å². The minimum Gasteiger partial charge on any atom is -0.488 e. The van der Waals surface area contributed by atoms with Crippen LogP contribution >= 0.6 is 0 Å². The van der Waals surface area contributed by atoms with Crippen molar-refractivity contribution in [3.8, 4) is 16.9 Å². The zero-order valence-electron chi connectivity index (χ0n) is 19.3. The van der Waals surface area contributed by atoms with Crippen molar-refractivity contribution in [1.29, 1.82) is 0 Å². The summed E-state index contributed by atoms with van der Waals surface area (Å²) in [5.74, 6) is 1.24. The number of esters is 1. The predicted molar refractivity (Wildman–Crippen MR) is 130 cm³/mol. The van der Waals surface area contributed by atoms with Gasteiger partial charge >= 0.3 is 5.97 Å². The van der Waals surface area contributed by atoms with Gasteiger partial charge in [-0.2, -0.15) is 0 Å². The highest BCUT2D eigenvalue weighted by molar-refractivity contribution is 5.87. The van der Waals surface area contributed by atoms with Crippen LogP contribution in [-0.2, 0) is 29.1 Å². The number of ether oxygens (including phenoxy) is 2. The number of carbonyl (C=O) groups excluding carboxylic acids is 1. The summed E-state index contributed by atoms with van der Waals surface area (Å²) in [6, 6.07) is 20.3. The van der Waals surface area contributed by atoms with Crippen molar-refractivity contribution in [2.24, 2.45) is 5.73 Å². The van der Waals surface area contributed by atoms with Gasteiger partial charge in [0.05, 0.1) is 13.0 Å². The van der Waals surface area contributed by atoms with E-state index in [1.165, 1.54) is 0 Å². The average molecular weight is 444 g/mol. The van der Waals surface area contributed by atoms with E-state index in [1.807, 2.05) is 50.2 Å². The van der Waals surface area contributed by atoms with E-state index in [1.54, 1.807) is 6.92 Å². The van der Waals surface area contributed by atoms with Crippen molar-refractivity contribution in [3.05, 3.63) is 88.7 Å². The van der Waals surface area contributed by atoms with Gasteiger partial charge in [0.1, 0.15) is 23.7 Å². The summed E-state index contributed by atoms with van der Waals surface area (Å²) in [4.78, 5) is 12.0. The molecule has 0 aliphatic carbocycles. The molecule has 0 fully saturated rings. The van der Waals surface area contributed by atoms with Crippen LogP contribution in [0.4, 0.5) is 0 Å². The highest BCUT2D eigenvalue weighted by Gasteiger charge is 2.15. The molecular formula is C28H29NO4. The fraction of sp³-hybridized carbons (Fsp3) is 0.250. The van der Waals surface area contributed by atoms with E-state index in [4.69, 9.17) is 19.6 Å². The molecule has 5 heteroatoms. The SMILES string of the molecule is CCOC(=O)Cc1ccc(C)cc1OCc1c(C)oc2ccc(-c3cccc(CN)c3)cc12. The molecule has 5 nitrogen and oxygen atoms in total. The van der Waals surface area contributed by atoms with Crippen LogP contribution in [0.3, 0.4) is 0 Å². The van der Waals surface area contributed by atoms with Crippen molar-refractivity contribution in [3.63, 3.8) is 0 Å². The topological polar surface area (TPSA) is 74.7 Å². The predicted octanol–water partition coefficient (Wildman–Crippen LogP) is 5.86. The second-order valence-electron chi connectivity index (χ2n) is 8.13. The number of hydrogen-bond acceptors (Lipinski definition) is 5. The van der Waals surface area contributed by atoms with Crippen molar-refractivity contribution in [2.75, 3.05) is 6.61 Å². The number of nitrogens with two attached hydrogens (primary N) is 1. The second-order valence-corrected chi connectivity index (χ2v) is 8.13. The lowest BCUT2D eigenvalue weighted by Gasteiger charge is -2.12. The summed E-state index contributed by atoms with van der Waals surface area (Å²) >= 11 is 0. The monoisotopic (exact) mass is 443 g/mol. The molecule has 3 aromatic carbocycles. The summed E-state index contributed by atoms with van der Waals surface area (Å²) in [7, 11) is 0. The van der Waals surface area contributed by atoms with Gasteiger partial charge in [0.2, 0.25) is 0 Å². The van der Waals surface area contributed by atoms with E-state index >= 15 is 0 Å². The first-order valence-corrected chi connectivity index (χ1v) is 11.2. The smallest absolute Gasteiger partial charge is 0.310 e. The molecule has 0 aliphatic rings. The molecule has 0 spiro atoms. The molecule has 0 atom stereocenters. The first kappa shape index (κ1) is 22.6. The Morgan fingerprint density at radius 1 is 1.00 bits per heavy atom. The standard InChI is InChI=1S/C28H29NO4/c1-4-31-28(30)15-23-9-8-18(2)12-27(23)32-17-25-19(3)33-26-11-10-22(14-24(25)26)21-7-5-6-20(13-21)16-29/h5-14H,4,15-17,29H2,1-3H3. The number of hydrogen-bond donors (Lipinski definition) is 1. The van der Waals surface area contributed by atoms with Gasteiger partial charge in [0, 0.05) is 23.1 Å². The van der Waals surface area contributed by atoms with Crippen molar-refractivity contribution >= 4 is 16.9 Å². The molecule has 0 saturated carbocycles. The molecule has 0 saturated heterocycles. The molecule has 2 N–H and O–H groups in total. The number of furan rings is 1. The van der Waals surface area contributed by atoms with E-state index in [0.717, 1.165) is 50.1 Å². The maximum Gasteiger partial charge on any atom is 0.310 e. The van der Waals surface area contributed by atoms with Gasteiger partial charge in [0.25, 0.3) is 0 Å². The van der Waals surface area contributed by atoms with Crippen molar-refractivity contribution in [1.82, 2.24) is 0 Å². The number of carbonyl (C=O) groups is 1. The summed E-state index contributed by atoms with van der Waals surface area (Å²) in [5, 5.41) is 1.02. The quantitative estimate of drug-likeness (QED) is 0.345. The largest absolute Gasteiger partial charge is 0.488 e. The van der Waals surface area contributed by atoms with E-state index in [2.05, 4.69) is 24.3 Å². The van der Waals surface area contributed by atoms with Gasteiger partial charge in [-0.3, -0.25) is 4.79 Å². The van der Waals surface area contributed by atoms with Crippen LogP contribution in [0.25, 0.3) is 22.1 Å². The molecule has 170 valence electrons. The minimum atomic E-state index is -0.263. The molecule has 0 bridgehead atoms. The average Bonchev–Trinajstić information content (AvgIpc) is 3.13. The Bertz CT molecular complexity index is 1290. The van der Waals surface area contributed by atoms with Gasteiger partial charge in [0.15, 0.2) is 0 Å². The molecule has 0 unspecified atom stereocenters. The number of rotatable bonds is 8. The zero-order valence-corrected chi connectivity index (χ0v) is 19.3. The molecule has 1 heterocycles. The molecule has 0 aliphatic heterocycles. The van der Waals surface area contributed by atoms with E-state index in [9.17, 15) is 4.79 Å². The van der Waals surface area contributed by atoms with Crippen LogP contribution in [0.2, 0.25) is 0 Å². The second kappa shape index (κ2) is 9.92. The van der Waals surface area contributed by atoms with Crippen LogP contribution in [0.5, 0.6) is 5.75 Å². The van der Waals surface area contributed by atoms with Crippen LogP contribution in [0.15, 0.2) is 65.1 Å². The normalized spacial score (nSPS) is 11.0. The Labute approximate surface area is 194 Å². The van der Waals surface area contributed by atoms with Crippen LogP contribution in [0.1, 0.15) is 34.9 Å². The van der Waals surface area contributed by atoms with E-state index in [-0.39, 0.29) is 12.4 Å². The Morgan fingerprint density at radius 3 is 2.61 bits per heavy atom. The van der Waals surface area contributed by atoms with Crippen molar-refractivity contribution in [2.45, 2.75) is 40.3 Å². The van der Waals surface area contributed by atoms with Crippen LogP contribution in [-0.4, -0.2) is 12.6 Å². The van der Waals surface area contributed by atoms with Gasteiger partial charge < -0.3 is 19.6 Å². The van der Waals surface area contributed by atoms with Gasteiger partial charge in [-0.25, -0.2) is 0 Å². The fourth-order valence-electron chi connectivity index (χ4n) is 3.97.